The van der Waals surface area contributed by atoms with Gasteiger partial charge in [0.15, 0.2) is 6.29 Å². The number of allylic oxidation sites excluding steroid dienone is 14. The largest absolute Gasteiger partial charge is 0.457 e. The molecule has 1 fully saturated rings. The van der Waals surface area contributed by atoms with Gasteiger partial charge in [-0.3, -0.25) is 4.79 Å². The Morgan fingerprint density at radius 2 is 1.02 bits per heavy atom. The third-order valence-corrected chi connectivity index (χ3v) is 10.3. The van der Waals surface area contributed by atoms with E-state index in [1.54, 1.807) is 0 Å². The maximum Gasteiger partial charge on any atom is 0.306 e. The highest BCUT2D eigenvalue weighted by Crippen LogP contribution is 2.22. The topological polar surface area (TPSA) is 135 Å². The number of rotatable bonds is 39. The van der Waals surface area contributed by atoms with E-state index in [1.165, 1.54) is 38.5 Å². The molecule has 6 unspecified atom stereocenters. The van der Waals surface area contributed by atoms with Crippen LogP contribution >= 0.6 is 0 Å². The van der Waals surface area contributed by atoms with E-state index in [0.717, 1.165) is 109 Å². The van der Waals surface area contributed by atoms with E-state index in [2.05, 4.69) is 98.9 Å². The monoisotopic (exact) mass is 843 g/mol. The third-order valence-electron chi connectivity index (χ3n) is 10.3. The average molecular weight is 843 g/mol. The number of hydrogen-bond acceptors (Lipinski definition) is 9. The van der Waals surface area contributed by atoms with Crippen LogP contribution in [0.4, 0.5) is 0 Å². The van der Waals surface area contributed by atoms with Crippen LogP contribution in [0.25, 0.3) is 0 Å². The summed E-state index contributed by atoms with van der Waals surface area (Å²) in [7, 11) is 0. The lowest BCUT2D eigenvalue weighted by molar-refractivity contribution is -0.305. The van der Waals surface area contributed by atoms with Crippen LogP contribution in [0.15, 0.2) is 85.1 Å². The van der Waals surface area contributed by atoms with Gasteiger partial charge in [-0.1, -0.05) is 163 Å². The second-order valence-corrected chi connectivity index (χ2v) is 15.8. The summed E-state index contributed by atoms with van der Waals surface area (Å²) in [5.74, 6) is -0.335. The predicted octanol–water partition coefficient (Wildman–Crippen LogP) is 11.0. The SMILES string of the molecule is CC/C=C\C/C=C\C/C=C\C/C=C\C/C=C\CCCCCCCCCCOCC(COC1OC(CO)C(O)C(O)C1O)OC(=O)CCCCCCC/C=C\C/C=C\CCC. The summed E-state index contributed by atoms with van der Waals surface area (Å²) in [6, 6.07) is 0. The highest BCUT2D eigenvalue weighted by atomic mass is 16.7. The molecule has 0 saturated carbocycles. The second kappa shape index (κ2) is 41.7. The fraction of sp³-hybridized carbons (Fsp3) is 0.706. The van der Waals surface area contributed by atoms with E-state index < -0.39 is 43.4 Å². The maximum atomic E-state index is 12.8. The summed E-state index contributed by atoms with van der Waals surface area (Å²) in [4.78, 5) is 12.8. The average Bonchev–Trinajstić information content (AvgIpc) is 3.25. The molecule has 9 heteroatoms. The first-order valence-electron chi connectivity index (χ1n) is 23.7. The van der Waals surface area contributed by atoms with Crippen molar-refractivity contribution in [1.29, 1.82) is 0 Å². The molecule has 1 heterocycles. The lowest BCUT2D eigenvalue weighted by Crippen LogP contribution is -2.59. The molecule has 0 aromatic carbocycles. The zero-order valence-corrected chi connectivity index (χ0v) is 37.7. The first-order chi connectivity index (χ1) is 29.4. The molecule has 1 aliphatic rings. The number of ether oxygens (including phenoxy) is 4. The molecular formula is C51H86O9. The van der Waals surface area contributed by atoms with Crippen molar-refractivity contribution >= 4 is 5.97 Å². The Labute approximate surface area is 365 Å². The zero-order chi connectivity index (χ0) is 43.6. The van der Waals surface area contributed by atoms with E-state index in [-0.39, 0.29) is 19.2 Å². The smallest absolute Gasteiger partial charge is 0.306 e. The Bertz CT molecular complexity index is 1190. The van der Waals surface area contributed by atoms with Crippen molar-refractivity contribution in [3.05, 3.63) is 85.1 Å². The van der Waals surface area contributed by atoms with Gasteiger partial charge < -0.3 is 39.4 Å². The Hall–Kier alpha value is -2.63. The molecule has 1 aliphatic heterocycles. The van der Waals surface area contributed by atoms with E-state index >= 15 is 0 Å². The van der Waals surface area contributed by atoms with E-state index in [1.807, 2.05) is 0 Å². The van der Waals surface area contributed by atoms with Crippen molar-refractivity contribution in [2.75, 3.05) is 26.4 Å². The van der Waals surface area contributed by atoms with Gasteiger partial charge in [-0.15, -0.1) is 0 Å². The van der Waals surface area contributed by atoms with E-state index in [0.29, 0.717) is 13.0 Å². The molecule has 6 atom stereocenters. The van der Waals surface area contributed by atoms with Gasteiger partial charge in [0.25, 0.3) is 0 Å². The highest BCUT2D eigenvalue weighted by Gasteiger charge is 2.44. The quantitative estimate of drug-likeness (QED) is 0.0271. The minimum absolute atomic E-state index is 0.128. The number of aliphatic hydroxyl groups excluding tert-OH is 4. The number of carbonyl (C=O) groups excluding carboxylic acids is 1. The van der Waals surface area contributed by atoms with Crippen molar-refractivity contribution in [3.63, 3.8) is 0 Å². The van der Waals surface area contributed by atoms with Crippen LogP contribution in [0.2, 0.25) is 0 Å². The summed E-state index contributed by atoms with van der Waals surface area (Å²) in [5.41, 5.74) is 0. The van der Waals surface area contributed by atoms with Crippen LogP contribution in [0, 0.1) is 0 Å². The molecule has 9 nitrogen and oxygen atoms in total. The number of unbranched alkanes of at least 4 members (excludes halogenated alkanes) is 14. The molecule has 0 aliphatic carbocycles. The summed E-state index contributed by atoms with van der Waals surface area (Å²) in [6.45, 7) is 4.32. The molecule has 344 valence electrons. The van der Waals surface area contributed by atoms with E-state index in [4.69, 9.17) is 18.9 Å². The number of aliphatic hydroxyl groups is 4. The Morgan fingerprint density at radius 1 is 0.550 bits per heavy atom. The zero-order valence-electron chi connectivity index (χ0n) is 37.7. The van der Waals surface area contributed by atoms with Gasteiger partial charge in [0.1, 0.15) is 30.5 Å². The molecule has 0 bridgehead atoms. The lowest BCUT2D eigenvalue weighted by Gasteiger charge is -2.39. The fourth-order valence-electron chi connectivity index (χ4n) is 6.61. The first-order valence-corrected chi connectivity index (χ1v) is 23.7. The molecule has 0 spiro atoms. The van der Waals surface area contributed by atoms with Crippen LogP contribution in [-0.2, 0) is 23.7 Å². The molecular weight excluding hydrogens is 757 g/mol. The molecule has 0 aromatic rings. The Balaban J connectivity index is 2.23. The fourth-order valence-corrected chi connectivity index (χ4v) is 6.61. The van der Waals surface area contributed by atoms with Crippen molar-refractivity contribution in [2.24, 2.45) is 0 Å². The minimum Gasteiger partial charge on any atom is -0.457 e. The summed E-state index contributed by atoms with van der Waals surface area (Å²) >= 11 is 0. The van der Waals surface area contributed by atoms with Gasteiger partial charge in [-0.2, -0.15) is 0 Å². The standard InChI is InChI=1S/C51H86O9/c1-3-5-7-9-11-13-15-17-18-19-20-21-22-23-24-25-26-27-29-31-33-35-37-39-41-57-43-45(44-58-51-50(56)49(55)48(54)46(42-52)60-51)59-47(53)40-38-36-34-32-30-28-16-14-12-10-8-6-4-2/h5,7-8,10-11,13-14,16-18,20-21,23-24,45-46,48-52,54-56H,3-4,6,9,12,15,19,22,25-44H2,1-2H3/b7-5-,10-8-,13-11-,16-14-,18-17-,21-20-,24-23-. The van der Waals surface area contributed by atoms with Gasteiger partial charge in [-0.05, 0) is 83.5 Å². The second-order valence-electron chi connectivity index (χ2n) is 15.8. The Kier molecular flexibility index (Phi) is 38.5. The van der Waals surface area contributed by atoms with Crippen LogP contribution in [0.3, 0.4) is 0 Å². The minimum atomic E-state index is -1.54. The van der Waals surface area contributed by atoms with Crippen LogP contribution in [-0.4, -0.2) is 89.6 Å². The highest BCUT2D eigenvalue weighted by molar-refractivity contribution is 5.69. The Morgan fingerprint density at radius 3 is 1.53 bits per heavy atom. The van der Waals surface area contributed by atoms with Gasteiger partial charge in [0.2, 0.25) is 0 Å². The van der Waals surface area contributed by atoms with Crippen LogP contribution < -0.4 is 0 Å². The predicted molar refractivity (Wildman–Crippen MR) is 247 cm³/mol. The molecule has 4 N–H and O–H groups in total. The summed E-state index contributed by atoms with van der Waals surface area (Å²) < 4.78 is 22.8. The van der Waals surface area contributed by atoms with Crippen LogP contribution in [0.5, 0.6) is 0 Å². The summed E-state index contributed by atoms with van der Waals surface area (Å²) in [5, 5.41) is 40.1. The molecule has 0 radical (unpaired) electrons. The number of esters is 1. The van der Waals surface area contributed by atoms with Gasteiger partial charge in [-0.25, -0.2) is 0 Å². The molecule has 1 rings (SSSR count). The van der Waals surface area contributed by atoms with Gasteiger partial charge in [0, 0.05) is 13.0 Å². The third kappa shape index (κ3) is 32.1. The normalized spacial score (nSPS) is 20.8. The van der Waals surface area contributed by atoms with Gasteiger partial charge in [0.05, 0.1) is 19.8 Å². The van der Waals surface area contributed by atoms with Crippen molar-refractivity contribution in [1.82, 2.24) is 0 Å². The van der Waals surface area contributed by atoms with Crippen molar-refractivity contribution in [3.8, 4) is 0 Å². The van der Waals surface area contributed by atoms with E-state index in [9.17, 15) is 25.2 Å². The van der Waals surface area contributed by atoms with Crippen molar-refractivity contribution in [2.45, 2.75) is 205 Å². The number of carbonyl (C=O) groups is 1. The van der Waals surface area contributed by atoms with Crippen LogP contribution in [0.1, 0.15) is 168 Å². The molecule has 0 amide bonds. The lowest BCUT2D eigenvalue weighted by atomic mass is 9.99. The maximum absolute atomic E-state index is 12.8. The molecule has 1 saturated heterocycles. The van der Waals surface area contributed by atoms with Gasteiger partial charge >= 0.3 is 5.97 Å². The van der Waals surface area contributed by atoms with Crippen molar-refractivity contribution < 1.29 is 44.2 Å². The first kappa shape index (κ1) is 55.4. The summed E-state index contributed by atoms with van der Waals surface area (Å²) in [6.07, 6.45) is 49.0. The molecule has 0 aromatic heterocycles. The molecule has 60 heavy (non-hydrogen) atoms. The number of hydrogen-bond donors (Lipinski definition) is 4.